The fourth-order valence-corrected chi connectivity index (χ4v) is 2.19. The van der Waals surface area contributed by atoms with Crippen molar-refractivity contribution in [1.29, 1.82) is 0 Å². The van der Waals surface area contributed by atoms with Crippen molar-refractivity contribution in [3.63, 3.8) is 0 Å². The van der Waals surface area contributed by atoms with Gasteiger partial charge >= 0.3 is 0 Å². The van der Waals surface area contributed by atoms with Crippen LogP contribution in [0, 0.1) is 12.7 Å². The van der Waals surface area contributed by atoms with Crippen molar-refractivity contribution in [3.05, 3.63) is 64.4 Å². The summed E-state index contributed by atoms with van der Waals surface area (Å²) >= 11 is 5.91. The molecule has 0 saturated heterocycles. The molecule has 5 heteroatoms. The van der Waals surface area contributed by atoms with Crippen molar-refractivity contribution in [2.45, 2.75) is 13.0 Å². The van der Waals surface area contributed by atoms with Gasteiger partial charge in [0.05, 0.1) is 0 Å². The zero-order valence-corrected chi connectivity index (χ0v) is 11.6. The standard InChI is InChI=1S/C15H14ClFN2O/c1-9-5-12(17)8-13(6-9)19-14(15(18)20)10-3-2-4-11(16)7-10/h2-8,14,19H,1H3,(H2,18,20). The van der Waals surface area contributed by atoms with Crippen LogP contribution in [-0.4, -0.2) is 5.91 Å². The topological polar surface area (TPSA) is 55.1 Å². The van der Waals surface area contributed by atoms with Gasteiger partial charge in [-0.05, 0) is 48.4 Å². The van der Waals surface area contributed by atoms with E-state index in [0.717, 1.165) is 5.56 Å². The second kappa shape index (κ2) is 5.92. The normalized spacial score (nSPS) is 11.9. The summed E-state index contributed by atoms with van der Waals surface area (Å²) in [5, 5.41) is 3.44. The van der Waals surface area contributed by atoms with Crippen LogP contribution in [0.4, 0.5) is 10.1 Å². The predicted octanol–water partition coefficient (Wildman–Crippen LogP) is 3.43. The molecular formula is C15H14ClFN2O. The average Bonchev–Trinajstić information content (AvgIpc) is 2.34. The largest absolute Gasteiger partial charge is 0.370 e. The number of primary amides is 1. The minimum absolute atomic E-state index is 0.373. The molecule has 0 aliphatic rings. The molecule has 2 aromatic carbocycles. The maximum absolute atomic E-state index is 13.4. The van der Waals surface area contributed by atoms with Crippen LogP contribution in [0.1, 0.15) is 17.2 Å². The summed E-state index contributed by atoms with van der Waals surface area (Å²) in [6, 6.07) is 10.5. The Morgan fingerprint density at radius 1 is 1.30 bits per heavy atom. The first-order chi connectivity index (χ1) is 9.45. The first-order valence-electron chi connectivity index (χ1n) is 6.04. The van der Waals surface area contributed by atoms with Crippen molar-refractivity contribution in [3.8, 4) is 0 Å². The van der Waals surface area contributed by atoms with Gasteiger partial charge in [0.1, 0.15) is 11.9 Å². The third kappa shape index (κ3) is 3.48. The Kier molecular flexibility index (Phi) is 4.25. The Bertz CT molecular complexity index is 625. The van der Waals surface area contributed by atoms with Crippen LogP contribution in [0.25, 0.3) is 0 Å². The summed E-state index contributed by atoms with van der Waals surface area (Å²) in [5.74, 6) is -0.934. The lowest BCUT2D eigenvalue weighted by molar-refractivity contribution is -0.118. The number of rotatable bonds is 4. The molecule has 2 rings (SSSR count). The van der Waals surface area contributed by atoms with Crippen molar-refractivity contribution >= 4 is 23.2 Å². The van der Waals surface area contributed by atoms with Crippen molar-refractivity contribution < 1.29 is 9.18 Å². The Hall–Kier alpha value is -2.07. The fourth-order valence-electron chi connectivity index (χ4n) is 1.99. The maximum atomic E-state index is 13.4. The highest BCUT2D eigenvalue weighted by Crippen LogP contribution is 2.23. The van der Waals surface area contributed by atoms with Gasteiger partial charge in [-0.1, -0.05) is 23.7 Å². The van der Waals surface area contributed by atoms with E-state index < -0.39 is 11.9 Å². The van der Waals surface area contributed by atoms with Crippen LogP contribution >= 0.6 is 11.6 Å². The lowest BCUT2D eigenvalue weighted by Gasteiger charge is -2.18. The fraction of sp³-hybridized carbons (Fsp3) is 0.133. The summed E-state index contributed by atoms with van der Waals surface area (Å²) in [6.07, 6.45) is 0. The molecule has 0 radical (unpaired) electrons. The van der Waals surface area contributed by atoms with E-state index in [1.54, 1.807) is 37.3 Å². The van der Waals surface area contributed by atoms with Crippen LogP contribution in [-0.2, 0) is 4.79 Å². The zero-order valence-electron chi connectivity index (χ0n) is 10.9. The Morgan fingerprint density at radius 2 is 2.05 bits per heavy atom. The number of carbonyl (C=O) groups excluding carboxylic acids is 1. The molecule has 0 fully saturated rings. The summed E-state index contributed by atoms with van der Waals surface area (Å²) in [7, 11) is 0. The molecule has 0 aromatic heterocycles. The van der Waals surface area contributed by atoms with Crippen molar-refractivity contribution in [2.24, 2.45) is 5.73 Å². The van der Waals surface area contributed by atoms with Crippen LogP contribution in [0.15, 0.2) is 42.5 Å². The Balaban J connectivity index is 2.33. The molecule has 20 heavy (non-hydrogen) atoms. The molecule has 0 heterocycles. The van der Waals surface area contributed by atoms with E-state index in [1.807, 2.05) is 0 Å². The van der Waals surface area contributed by atoms with Crippen LogP contribution < -0.4 is 11.1 Å². The molecule has 0 aliphatic heterocycles. The highest BCUT2D eigenvalue weighted by molar-refractivity contribution is 6.30. The molecule has 2 aromatic rings. The molecular weight excluding hydrogens is 279 g/mol. The number of amides is 1. The van der Waals surface area contributed by atoms with E-state index in [2.05, 4.69) is 5.32 Å². The first-order valence-corrected chi connectivity index (χ1v) is 6.42. The number of hydrogen-bond donors (Lipinski definition) is 2. The lowest BCUT2D eigenvalue weighted by atomic mass is 10.1. The molecule has 0 bridgehead atoms. The second-order valence-corrected chi connectivity index (χ2v) is 4.99. The number of halogens is 2. The van der Waals surface area contributed by atoms with E-state index in [0.29, 0.717) is 16.3 Å². The van der Waals surface area contributed by atoms with Crippen molar-refractivity contribution in [1.82, 2.24) is 0 Å². The van der Waals surface area contributed by atoms with Gasteiger partial charge in [0.25, 0.3) is 0 Å². The minimum atomic E-state index is -0.769. The lowest BCUT2D eigenvalue weighted by Crippen LogP contribution is -2.27. The summed E-state index contributed by atoms with van der Waals surface area (Å²) < 4.78 is 13.4. The van der Waals surface area contributed by atoms with E-state index in [-0.39, 0.29) is 5.82 Å². The van der Waals surface area contributed by atoms with Gasteiger partial charge in [-0.15, -0.1) is 0 Å². The SMILES string of the molecule is Cc1cc(F)cc(NC(C(N)=O)c2cccc(Cl)c2)c1. The first kappa shape index (κ1) is 14.3. The number of anilines is 1. The van der Waals surface area contributed by atoms with Gasteiger partial charge < -0.3 is 11.1 Å². The van der Waals surface area contributed by atoms with Crippen LogP contribution in [0.2, 0.25) is 5.02 Å². The quantitative estimate of drug-likeness (QED) is 0.907. The molecule has 3 N–H and O–H groups in total. The van der Waals surface area contributed by atoms with Gasteiger partial charge in [-0.25, -0.2) is 4.39 Å². The van der Waals surface area contributed by atoms with Gasteiger partial charge in [-0.3, -0.25) is 4.79 Å². The molecule has 0 spiro atoms. The second-order valence-electron chi connectivity index (χ2n) is 4.55. The summed E-state index contributed by atoms with van der Waals surface area (Å²) in [5.41, 5.74) is 7.28. The van der Waals surface area contributed by atoms with E-state index in [1.165, 1.54) is 12.1 Å². The smallest absolute Gasteiger partial charge is 0.244 e. The number of nitrogens with two attached hydrogens (primary N) is 1. The minimum Gasteiger partial charge on any atom is -0.370 e. The zero-order chi connectivity index (χ0) is 14.7. The predicted molar refractivity (Wildman–Crippen MR) is 78.1 cm³/mol. The summed E-state index contributed by atoms with van der Waals surface area (Å²) in [4.78, 5) is 11.6. The number of aryl methyl sites for hydroxylation is 1. The number of nitrogens with one attached hydrogen (secondary N) is 1. The molecule has 1 atom stereocenters. The van der Waals surface area contributed by atoms with Crippen LogP contribution in [0.3, 0.4) is 0 Å². The monoisotopic (exact) mass is 292 g/mol. The molecule has 0 aliphatic carbocycles. The van der Waals surface area contributed by atoms with E-state index in [4.69, 9.17) is 17.3 Å². The third-order valence-electron chi connectivity index (χ3n) is 2.82. The van der Waals surface area contributed by atoms with E-state index in [9.17, 15) is 9.18 Å². The number of carbonyl (C=O) groups is 1. The molecule has 1 unspecified atom stereocenters. The van der Waals surface area contributed by atoms with Gasteiger partial charge in [0.2, 0.25) is 5.91 Å². The molecule has 0 saturated carbocycles. The number of benzene rings is 2. The van der Waals surface area contributed by atoms with Gasteiger partial charge in [0, 0.05) is 10.7 Å². The molecule has 1 amide bonds. The van der Waals surface area contributed by atoms with Gasteiger partial charge in [-0.2, -0.15) is 0 Å². The summed E-state index contributed by atoms with van der Waals surface area (Å²) in [6.45, 7) is 1.77. The maximum Gasteiger partial charge on any atom is 0.244 e. The Labute approximate surface area is 121 Å². The molecule has 3 nitrogen and oxygen atoms in total. The third-order valence-corrected chi connectivity index (χ3v) is 3.05. The highest BCUT2D eigenvalue weighted by Gasteiger charge is 2.18. The van der Waals surface area contributed by atoms with Crippen molar-refractivity contribution in [2.75, 3.05) is 5.32 Å². The Morgan fingerprint density at radius 3 is 2.65 bits per heavy atom. The van der Waals surface area contributed by atoms with E-state index >= 15 is 0 Å². The number of hydrogen-bond acceptors (Lipinski definition) is 2. The van der Waals surface area contributed by atoms with Gasteiger partial charge in [0.15, 0.2) is 0 Å². The van der Waals surface area contributed by atoms with Crippen LogP contribution in [0.5, 0.6) is 0 Å². The highest BCUT2D eigenvalue weighted by atomic mass is 35.5. The molecule has 104 valence electrons. The average molecular weight is 293 g/mol.